The van der Waals surface area contributed by atoms with E-state index in [1.165, 1.54) is 5.56 Å². The van der Waals surface area contributed by atoms with E-state index in [4.69, 9.17) is 5.26 Å². The number of thioether (sulfide) groups is 1. The Kier molecular flexibility index (Phi) is 4.51. The molecule has 0 atom stereocenters. The molecule has 0 fully saturated rings. The molecule has 1 aromatic rings. The predicted octanol–water partition coefficient (Wildman–Crippen LogP) is 2.67. The first-order valence-electron chi connectivity index (χ1n) is 4.90. The van der Waals surface area contributed by atoms with Crippen LogP contribution in [0.5, 0.6) is 0 Å². The molecule has 0 aliphatic rings. The predicted molar refractivity (Wildman–Crippen MR) is 67.5 cm³/mol. The zero-order chi connectivity index (χ0) is 11.3. The maximum atomic E-state index is 9.00. The van der Waals surface area contributed by atoms with Crippen molar-refractivity contribution in [1.29, 1.82) is 5.26 Å². The van der Waals surface area contributed by atoms with Crippen LogP contribution in [0.2, 0.25) is 0 Å². The molecule has 15 heavy (non-hydrogen) atoms. The molecule has 0 spiro atoms. The van der Waals surface area contributed by atoms with Crippen molar-refractivity contribution in [2.75, 3.05) is 30.5 Å². The number of hydrogen-bond donors (Lipinski definition) is 0. The van der Waals surface area contributed by atoms with E-state index in [0.29, 0.717) is 0 Å². The maximum absolute atomic E-state index is 9.00. The Morgan fingerprint density at radius 1 is 1.47 bits per heavy atom. The molecule has 0 N–H and O–H groups in total. The summed E-state index contributed by atoms with van der Waals surface area (Å²) in [6.45, 7) is 3.02. The van der Waals surface area contributed by atoms with Crippen molar-refractivity contribution in [3.05, 3.63) is 29.3 Å². The molecule has 0 unspecified atom stereocenters. The molecule has 0 aliphatic carbocycles. The third-order valence-corrected chi connectivity index (χ3v) is 2.91. The molecule has 0 saturated heterocycles. The van der Waals surface area contributed by atoms with Gasteiger partial charge in [0.2, 0.25) is 0 Å². The van der Waals surface area contributed by atoms with Crippen LogP contribution in [0.4, 0.5) is 5.69 Å². The second-order valence-corrected chi connectivity index (χ2v) is 4.53. The Balaban J connectivity index is 2.91. The van der Waals surface area contributed by atoms with Crippen molar-refractivity contribution in [2.45, 2.75) is 6.92 Å². The maximum Gasteiger partial charge on any atom is 0.101 e. The zero-order valence-electron chi connectivity index (χ0n) is 9.45. The lowest BCUT2D eigenvalue weighted by atomic mass is 10.1. The lowest BCUT2D eigenvalue weighted by molar-refractivity contribution is 0.974. The van der Waals surface area contributed by atoms with Crippen molar-refractivity contribution in [3.63, 3.8) is 0 Å². The first kappa shape index (κ1) is 11.9. The van der Waals surface area contributed by atoms with Crippen LogP contribution >= 0.6 is 11.8 Å². The van der Waals surface area contributed by atoms with Crippen LogP contribution in [-0.4, -0.2) is 25.6 Å². The largest absolute Gasteiger partial charge is 0.373 e. The first-order valence-corrected chi connectivity index (χ1v) is 6.29. The molecular formula is C12H16N2S. The standard InChI is InChI=1S/C12H16N2S/c1-10-4-5-11(9-13)12(8-10)14(2)6-7-15-3/h4-5,8H,6-7H2,1-3H3. The topological polar surface area (TPSA) is 27.0 Å². The highest BCUT2D eigenvalue weighted by atomic mass is 32.2. The van der Waals surface area contributed by atoms with Gasteiger partial charge in [0.15, 0.2) is 0 Å². The highest BCUT2D eigenvalue weighted by molar-refractivity contribution is 7.98. The number of nitriles is 1. The fourth-order valence-corrected chi connectivity index (χ4v) is 1.86. The minimum absolute atomic E-state index is 0.754. The molecule has 0 heterocycles. The van der Waals surface area contributed by atoms with E-state index < -0.39 is 0 Å². The average molecular weight is 220 g/mol. The van der Waals surface area contributed by atoms with Crippen LogP contribution in [0.1, 0.15) is 11.1 Å². The van der Waals surface area contributed by atoms with Crippen molar-refractivity contribution in [2.24, 2.45) is 0 Å². The molecule has 0 radical (unpaired) electrons. The lowest BCUT2D eigenvalue weighted by Gasteiger charge is -2.20. The van der Waals surface area contributed by atoms with E-state index in [0.717, 1.165) is 23.5 Å². The number of nitrogens with zero attached hydrogens (tertiary/aromatic N) is 2. The van der Waals surface area contributed by atoms with E-state index in [2.05, 4.69) is 23.3 Å². The summed E-state index contributed by atoms with van der Waals surface area (Å²) in [5.41, 5.74) is 2.98. The molecule has 0 aromatic heterocycles. The van der Waals surface area contributed by atoms with E-state index in [1.807, 2.05) is 37.9 Å². The van der Waals surface area contributed by atoms with Gasteiger partial charge in [-0.2, -0.15) is 17.0 Å². The van der Waals surface area contributed by atoms with E-state index in [-0.39, 0.29) is 0 Å². The van der Waals surface area contributed by atoms with Crippen LogP contribution in [-0.2, 0) is 0 Å². The van der Waals surface area contributed by atoms with Crippen molar-refractivity contribution < 1.29 is 0 Å². The third-order valence-electron chi connectivity index (χ3n) is 2.32. The number of hydrogen-bond acceptors (Lipinski definition) is 3. The van der Waals surface area contributed by atoms with E-state index >= 15 is 0 Å². The van der Waals surface area contributed by atoms with Crippen molar-refractivity contribution >= 4 is 17.4 Å². The fourth-order valence-electron chi connectivity index (χ4n) is 1.40. The third kappa shape index (κ3) is 3.17. The molecule has 0 aliphatic heterocycles. The normalized spacial score (nSPS) is 9.73. The Bertz CT molecular complexity index is 368. The quantitative estimate of drug-likeness (QED) is 0.780. The van der Waals surface area contributed by atoms with Gasteiger partial charge in [0.05, 0.1) is 11.3 Å². The van der Waals surface area contributed by atoms with Crippen molar-refractivity contribution in [3.8, 4) is 6.07 Å². The summed E-state index contributed by atoms with van der Waals surface area (Å²) in [6, 6.07) is 8.17. The van der Waals surface area contributed by atoms with Gasteiger partial charge < -0.3 is 4.90 Å². The highest BCUT2D eigenvalue weighted by Gasteiger charge is 2.06. The number of aryl methyl sites for hydroxylation is 1. The summed E-state index contributed by atoms with van der Waals surface area (Å²) in [5, 5.41) is 9.00. The van der Waals surface area contributed by atoms with E-state index in [9.17, 15) is 0 Å². The first-order chi connectivity index (χ1) is 7.19. The number of rotatable bonds is 4. The minimum Gasteiger partial charge on any atom is -0.373 e. The Hall–Kier alpha value is -1.14. The Morgan fingerprint density at radius 3 is 2.80 bits per heavy atom. The molecule has 80 valence electrons. The summed E-state index contributed by atoms with van der Waals surface area (Å²) >= 11 is 1.82. The lowest BCUT2D eigenvalue weighted by Crippen LogP contribution is -2.21. The van der Waals surface area contributed by atoms with Crippen LogP contribution < -0.4 is 4.90 Å². The summed E-state index contributed by atoms with van der Waals surface area (Å²) < 4.78 is 0. The van der Waals surface area contributed by atoms with Gasteiger partial charge in [0.25, 0.3) is 0 Å². The van der Waals surface area contributed by atoms with Crippen LogP contribution in [0, 0.1) is 18.3 Å². The Morgan fingerprint density at radius 2 is 2.20 bits per heavy atom. The average Bonchev–Trinajstić information content (AvgIpc) is 2.25. The summed E-state index contributed by atoms with van der Waals surface area (Å²) in [4.78, 5) is 2.14. The molecule has 0 bridgehead atoms. The molecule has 1 rings (SSSR count). The minimum atomic E-state index is 0.754. The summed E-state index contributed by atoms with van der Waals surface area (Å²) in [5.74, 6) is 1.08. The second kappa shape index (κ2) is 5.67. The van der Waals surface area contributed by atoms with Gasteiger partial charge in [-0.05, 0) is 30.9 Å². The summed E-state index contributed by atoms with van der Waals surface area (Å²) in [6.07, 6.45) is 2.09. The van der Waals surface area contributed by atoms with Gasteiger partial charge >= 0.3 is 0 Å². The van der Waals surface area contributed by atoms with Gasteiger partial charge in [-0.1, -0.05) is 6.07 Å². The van der Waals surface area contributed by atoms with Gasteiger partial charge in [0, 0.05) is 19.3 Å². The molecule has 0 saturated carbocycles. The number of benzene rings is 1. The van der Waals surface area contributed by atoms with Crippen molar-refractivity contribution in [1.82, 2.24) is 0 Å². The van der Waals surface area contributed by atoms with Gasteiger partial charge in [-0.25, -0.2) is 0 Å². The molecule has 0 amide bonds. The molecule has 1 aromatic carbocycles. The van der Waals surface area contributed by atoms with Gasteiger partial charge in [-0.15, -0.1) is 0 Å². The summed E-state index contributed by atoms with van der Waals surface area (Å²) in [7, 11) is 2.03. The van der Waals surface area contributed by atoms with Gasteiger partial charge in [0.1, 0.15) is 6.07 Å². The van der Waals surface area contributed by atoms with Gasteiger partial charge in [-0.3, -0.25) is 0 Å². The van der Waals surface area contributed by atoms with E-state index in [1.54, 1.807) is 0 Å². The van der Waals surface area contributed by atoms with Crippen LogP contribution in [0.3, 0.4) is 0 Å². The SMILES string of the molecule is CSCCN(C)c1cc(C)ccc1C#N. The zero-order valence-corrected chi connectivity index (χ0v) is 10.3. The Labute approximate surface area is 95.9 Å². The molecular weight excluding hydrogens is 204 g/mol. The van der Waals surface area contributed by atoms with Crippen LogP contribution in [0.15, 0.2) is 18.2 Å². The second-order valence-electron chi connectivity index (χ2n) is 3.55. The number of anilines is 1. The molecule has 2 nitrogen and oxygen atoms in total. The fraction of sp³-hybridized carbons (Fsp3) is 0.417. The molecule has 3 heteroatoms. The van der Waals surface area contributed by atoms with Crippen LogP contribution in [0.25, 0.3) is 0 Å². The monoisotopic (exact) mass is 220 g/mol. The smallest absolute Gasteiger partial charge is 0.101 e. The highest BCUT2D eigenvalue weighted by Crippen LogP contribution is 2.20.